The highest BCUT2D eigenvalue weighted by Gasteiger charge is 2.21. The number of piperidine rings is 1. The predicted octanol–water partition coefficient (Wildman–Crippen LogP) is 2.67. The Hall–Kier alpha value is -1.00. The number of hydrogen-bond donors (Lipinski definition) is 1. The van der Waals surface area contributed by atoms with Gasteiger partial charge in [0.25, 0.3) is 0 Å². The van der Waals surface area contributed by atoms with Crippen LogP contribution in [0.3, 0.4) is 0 Å². The molecule has 1 aromatic rings. The maximum atomic E-state index is 13.1. The maximum absolute atomic E-state index is 13.1. The molecule has 0 radical (unpaired) electrons. The molecule has 0 aliphatic carbocycles. The molecular formula is C14H20F2N2. The molecule has 1 aromatic carbocycles. The highest BCUT2D eigenvalue weighted by atomic mass is 19.1. The Labute approximate surface area is 107 Å². The van der Waals surface area contributed by atoms with Crippen molar-refractivity contribution in [2.75, 3.05) is 13.1 Å². The number of likely N-dealkylation sites (tertiary alicyclic amines) is 1. The Balaban J connectivity index is 2.05. The van der Waals surface area contributed by atoms with Crippen LogP contribution in [0.5, 0.6) is 0 Å². The summed E-state index contributed by atoms with van der Waals surface area (Å²) in [7, 11) is 0. The van der Waals surface area contributed by atoms with Crippen molar-refractivity contribution >= 4 is 0 Å². The normalized spacial score (nSPS) is 21.2. The van der Waals surface area contributed by atoms with Gasteiger partial charge in [0, 0.05) is 18.7 Å². The van der Waals surface area contributed by atoms with Crippen molar-refractivity contribution in [3.63, 3.8) is 0 Å². The summed E-state index contributed by atoms with van der Waals surface area (Å²) in [4.78, 5) is 2.30. The molecular weight excluding hydrogens is 234 g/mol. The molecule has 0 saturated carbocycles. The van der Waals surface area contributed by atoms with E-state index in [1.807, 2.05) is 0 Å². The van der Waals surface area contributed by atoms with E-state index in [2.05, 4.69) is 4.90 Å². The molecule has 0 spiro atoms. The first-order chi connectivity index (χ1) is 8.69. The van der Waals surface area contributed by atoms with Crippen LogP contribution < -0.4 is 5.73 Å². The van der Waals surface area contributed by atoms with Crippen molar-refractivity contribution in [2.24, 2.45) is 5.73 Å². The van der Waals surface area contributed by atoms with E-state index in [1.54, 1.807) is 0 Å². The molecule has 1 atom stereocenters. The van der Waals surface area contributed by atoms with Crippen molar-refractivity contribution in [1.29, 1.82) is 0 Å². The van der Waals surface area contributed by atoms with Gasteiger partial charge in [0.05, 0.1) is 0 Å². The average Bonchev–Trinajstić information content (AvgIpc) is 2.30. The van der Waals surface area contributed by atoms with Gasteiger partial charge in [-0.15, -0.1) is 0 Å². The van der Waals surface area contributed by atoms with Crippen LogP contribution >= 0.6 is 0 Å². The molecule has 4 heteroatoms. The Morgan fingerprint density at radius 1 is 1.17 bits per heavy atom. The van der Waals surface area contributed by atoms with Crippen LogP contribution in [0.2, 0.25) is 0 Å². The van der Waals surface area contributed by atoms with Gasteiger partial charge in [-0.3, -0.25) is 4.90 Å². The average molecular weight is 254 g/mol. The van der Waals surface area contributed by atoms with E-state index in [0.29, 0.717) is 24.7 Å². The molecule has 1 fully saturated rings. The van der Waals surface area contributed by atoms with Gasteiger partial charge in [-0.1, -0.05) is 6.42 Å². The van der Waals surface area contributed by atoms with Crippen molar-refractivity contribution in [1.82, 2.24) is 4.90 Å². The van der Waals surface area contributed by atoms with Gasteiger partial charge >= 0.3 is 0 Å². The monoisotopic (exact) mass is 254 g/mol. The summed E-state index contributed by atoms with van der Waals surface area (Å²) in [5.41, 5.74) is 6.32. The minimum Gasteiger partial charge on any atom is -0.330 e. The van der Waals surface area contributed by atoms with Crippen molar-refractivity contribution in [3.05, 3.63) is 35.4 Å². The zero-order valence-electron chi connectivity index (χ0n) is 10.5. The molecule has 2 nitrogen and oxygen atoms in total. The fourth-order valence-electron chi connectivity index (χ4n) is 2.72. The van der Waals surface area contributed by atoms with Crippen molar-refractivity contribution < 1.29 is 8.78 Å². The second-order valence-electron chi connectivity index (χ2n) is 4.98. The highest BCUT2D eigenvalue weighted by Crippen LogP contribution is 2.22. The van der Waals surface area contributed by atoms with Gasteiger partial charge in [0.2, 0.25) is 0 Å². The van der Waals surface area contributed by atoms with Crippen LogP contribution in [0.1, 0.15) is 31.2 Å². The lowest BCUT2D eigenvalue weighted by Gasteiger charge is -2.35. The van der Waals surface area contributed by atoms with Crippen molar-refractivity contribution in [3.8, 4) is 0 Å². The van der Waals surface area contributed by atoms with Gasteiger partial charge in [-0.25, -0.2) is 8.78 Å². The predicted molar refractivity (Wildman–Crippen MR) is 68.1 cm³/mol. The second-order valence-corrected chi connectivity index (χ2v) is 4.98. The van der Waals surface area contributed by atoms with Crippen LogP contribution in [0.4, 0.5) is 8.78 Å². The third kappa shape index (κ3) is 3.50. The Morgan fingerprint density at radius 3 is 2.56 bits per heavy atom. The van der Waals surface area contributed by atoms with E-state index in [1.165, 1.54) is 18.6 Å². The van der Waals surface area contributed by atoms with Crippen molar-refractivity contribution in [2.45, 2.75) is 38.3 Å². The van der Waals surface area contributed by atoms with Crippen LogP contribution in [0.15, 0.2) is 18.2 Å². The number of rotatable bonds is 4. The van der Waals surface area contributed by atoms with E-state index in [4.69, 9.17) is 5.73 Å². The quantitative estimate of drug-likeness (QED) is 0.895. The maximum Gasteiger partial charge on any atom is 0.126 e. The molecule has 0 amide bonds. The smallest absolute Gasteiger partial charge is 0.126 e. The fourth-order valence-corrected chi connectivity index (χ4v) is 2.72. The Bertz CT molecular complexity index is 373. The Kier molecular flexibility index (Phi) is 4.66. The standard InChI is InChI=1S/C14H20F2N2/c15-12-7-11(8-13(16)9-12)10-18-6-2-1-3-14(18)4-5-17/h7-9,14H,1-6,10,17H2. The number of nitrogens with two attached hydrogens (primary N) is 1. The molecule has 1 heterocycles. The lowest BCUT2D eigenvalue weighted by atomic mass is 9.98. The third-order valence-corrected chi connectivity index (χ3v) is 3.56. The largest absolute Gasteiger partial charge is 0.330 e. The minimum atomic E-state index is -0.502. The molecule has 2 N–H and O–H groups in total. The zero-order valence-corrected chi connectivity index (χ0v) is 10.5. The number of halogens is 2. The van der Waals surface area contributed by atoms with Gasteiger partial charge in [-0.2, -0.15) is 0 Å². The van der Waals surface area contributed by atoms with Gasteiger partial charge in [0.1, 0.15) is 11.6 Å². The first kappa shape index (κ1) is 13.4. The molecule has 2 rings (SSSR count). The van der Waals surface area contributed by atoms with E-state index in [-0.39, 0.29) is 0 Å². The van der Waals surface area contributed by atoms with Crippen LogP contribution in [0.25, 0.3) is 0 Å². The molecule has 0 aromatic heterocycles. The van der Waals surface area contributed by atoms with E-state index >= 15 is 0 Å². The molecule has 1 unspecified atom stereocenters. The van der Waals surface area contributed by atoms with E-state index in [9.17, 15) is 8.78 Å². The molecule has 1 saturated heterocycles. The van der Waals surface area contributed by atoms with Gasteiger partial charge < -0.3 is 5.73 Å². The first-order valence-corrected chi connectivity index (χ1v) is 6.58. The molecule has 1 aliphatic rings. The fraction of sp³-hybridized carbons (Fsp3) is 0.571. The van der Waals surface area contributed by atoms with Crippen LogP contribution in [-0.4, -0.2) is 24.0 Å². The minimum absolute atomic E-state index is 0.454. The topological polar surface area (TPSA) is 29.3 Å². The SMILES string of the molecule is NCCC1CCCCN1Cc1cc(F)cc(F)c1. The zero-order chi connectivity index (χ0) is 13.0. The van der Waals surface area contributed by atoms with E-state index in [0.717, 1.165) is 31.9 Å². The molecule has 0 bridgehead atoms. The summed E-state index contributed by atoms with van der Waals surface area (Å²) in [5, 5.41) is 0. The first-order valence-electron chi connectivity index (χ1n) is 6.58. The summed E-state index contributed by atoms with van der Waals surface area (Å²) in [6.07, 6.45) is 4.46. The number of hydrogen-bond acceptors (Lipinski definition) is 2. The summed E-state index contributed by atoms with van der Waals surface area (Å²) in [6.45, 7) is 2.26. The molecule has 100 valence electrons. The number of benzene rings is 1. The van der Waals surface area contributed by atoms with Crippen LogP contribution in [0, 0.1) is 11.6 Å². The summed E-state index contributed by atoms with van der Waals surface area (Å²) >= 11 is 0. The summed E-state index contributed by atoms with van der Waals surface area (Å²) in [6, 6.07) is 4.20. The lowest BCUT2D eigenvalue weighted by Crippen LogP contribution is -2.40. The van der Waals surface area contributed by atoms with E-state index < -0.39 is 11.6 Å². The number of nitrogens with zero attached hydrogens (tertiary/aromatic N) is 1. The highest BCUT2D eigenvalue weighted by molar-refractivity contribution is 5.18. The molecule has 1 aliphatic heterocycles. The lowest BCUT2D eigenvalue weighted by molar-refractivity contribution is 0.134. The summed E-state index contributed by atoms with van der Waals surface area (Å²) in [5.74, 6) is -1.00. The second kappa shape index (κ2) is 6.25. The summed E-state index contributed by atoms with van der Waals surface area (Å²) < 4.78 is 26.3. The van der Waals surface area contributed by atoms with Gasteiger partial charge in [0.15, 0.2) is 0 Å². The van der Waals surface area contributed by atoms with Gasteiger partial charge in [-0.05, 0) is 50.0 Å². The Morgan fingerprint density at radius 2 is 1.89 bits per heavy atom. The van der Waals surface area contributed by atoms with Crippen LogP contribution in [-0.2, 0) is 6.54 Å². The molecule has 18 heavy (non-hydrogen) atoms. The third-order valence-electron chi connectivity index (χ3n) is 3.56.